The smallest absolute Gasteiger partial charge is 0.0619 e. The number of rotatable bonds is 9. The number of benzene rings is 7. The molecule has 7 aromatic rings. The van der Waals surface area contributed by atoms with Crippen molar-refractivity contribution in [1.82, 2.24) is 0 Å². The highest BCUT2D eigenvalue weighted by Crippen LogP contribution is 2.51. The van der Waals surface area contributed by atoms with E-state index in [1.807, 2.05) is 0 Å². The lowest BCUT2D eigenvalue weighted by Gasteiger charge is -2.33. The zero-order valence-electron chi connectivity index (χ0n) is 27.1. The number of para-hydroxylation sites is 2. The molecule has 232 valence electrons. The molecule has 0 amide bonds. The second kappa shape index (κ2) is 13.6. The molecule has 1 unspecified atom stereocenters. The van der Waals surface area contributed by atoms with Crippen LogP contribution in [0.25, 0.3) is 21.5 Å². The minimum atomic E-state index is 0.467. The Morgan fingerprint density at radius 1 is 0.404 bits per heavy atom. The van der Waals surface area contributed by atoms with Gasteiger partial charge in [-0.05, 0) is 71.5 Å². The number of anilines is 6. The minimum Gasteiger partial charge on any atom is -0.309 e. The van der Waals surface area contributed by atoms with Gasteiger partial charge in [0.05, 0.1) is 11.4 Å². The third kappa shape index (κ3) is 6.01. The lowest BCUT2D eigenvalue weighted by atomic mass is 9.95. The van der Waals surface area contributed by atoms with Crippen molar-refractivity contribution in [3.63, 3.8) is 0 Å². The Labute approximate surface area is 292 Å². The summed E-state index contributed by atoms with van der Waals surface area (Å²) in [6.45, 7) is 6.81. The summed E-state index contributed by atoms with van der Waals surface area (Å²) in [5, 5.41) is 4.81. The number of hydrogen-bond acceptors (Lipinski definition) is 2. The largest absolute Gasteiger partial charge is 0.309 e. The van der Waals surface area contributed by atoms with Crippen LogP contribution in [0.3, 0.4) is 0 Å². The number of alkyl halides is 1. The van der Waals surface area contributed by atoms with E-state index in [9.17, 15) is 0 Å². The van der Waals surface area contributed by atoms with E-state index in [0.717, 1.165) is 27.2 Å². The number of hydrogen-bond donors (Lipinski definition) is 0. The first-order valence-electron chi connectivity index (χ1n) is 16.4. The summed E-state index contributed by atoms with van der Waals surface area (Å²) in [5.74, 6) is 0.973. The zero-order chi connectivity index (χ0) is 32.3. The van der Waals surface area contributed by atoms with Gasteiger partial charge in [0.25, 0.3) is 0 Å². The number of nitrogens with zero attached hydrogens (tertiary/aromatic N) is 2. The van der Waals surface area contributed by atoms with Crippen molar-refractivity contribution in [2.24, 2.45) is 0 Å². The third-order valence-corrected chi connectivity index (χ3v) is 10.4. The fraction of sp³-hybridized carbons (Fsp3) is 0.136. The highest BCUT2D eigenvalue weighted by molar-refractivity contribution is 14.1. The van der Waals surface area contributed by atoms with Crippen LogP contribution in [0.15, 0.2) is 158 Å². The molecule has 0 radical (unpaired) electrons. The Bertz CT molecular complexity index is 2010. The van der Waals surface area contributed by atoms with E-state index < -0.39 is 0 Å². The zero-order valence-corrected chi connectivity index (χ0v) is 29.3. The first-order chi connectivity index (χ1) is 23.0. The van der Waals surface area contributed by atoms with E-state index in [1.54, 1.807) is 0 Å². The summed E-state index contributed by atoms with van der Waals surface area (Å²) in [7, 11) is 0. The molecule has 2 nitrogen and oxygen atoms in total. The maximum atomic E-state index is 2.49. The van der Waals surface area contributed by atoms with Crippen molar-refractivity contribution in [2.45, 2.75) is 32.6 Å². The maximum Gasteiger partial charge on any atom is 0.0619 e. The molecular formula is C44H39IN2. The summed E-state index contributed by atoms with van der Waals surface area (Å²) in [6.07, 6.45) is 0. The maximum absolute atomic E-state index is 2.49. The molecule has 3 heteroatoms. The van der Waals surface area contributed by atoms with Crippen molar-refractivity contribution in [1.29, 1.82) is 0 Å². The lowest BCUT2D eigenvalue weighted by Crippen LogP contribution is -2.14. The summed E-state index contributed by atoms with van der Waals surface area (Å²) in [6, 6.07) is 57.6. The van der Waals surface area contributed by atoms with Gasteiger partial charge in [-0.15, -0.1) is 0 Å². The highest BCUT2D eigenvalue weighted by atomic mass is 127. The second-order valence-corrected chi connectivity index (χ2v) is 13.4. The predicted molar refractivity (Wildman–Crippen MR) is 212 cm³/mol. The minimum absolute atomic E-state index is 0.467. The standard InChI is InChI=1S/C44H39IN2/c1-31(2)33-22-26-37(27-23-33)47(38-28-24-34(25-29-38)32(3)30-45)44-41-20-12-10-18-39(41)43(40-19-11-13-21-42(40)44)46(35-14-6-4-7-15-35)36-16-8-5-9-17-36/h4-29,31-32H,30H2,1-3H3. The quantitative estimate of drug-likeness (QED) is 0.0634. The van der Waals surface area contributed by atoms with Gasteiger partial charge < -0.3 is 9.80 Å². The third-order valence-electron chi connectivity index (χ3n) is 9.12. The van der Waals surface area contributed by atoms with Crippen LogP contribution in [-0.4, -0.2) is 4.43 Å². The predicted octanol–water partition coefficient (Wildman–Crippen LogP) is 13.6. The SMILES string of the molecule is CC(C)c1ccc(N(c2ccc(C(C)CI)cc2)c2c3ccccc3c(N(c3ccccc3)c3ccccc3)c3ccccc23)cc1. The van der Waals surface area contributed by atoms with E-state index in [2.05, 4.69) is 211 Å². The summed E-state index contributed by atoms with van der Waals surface area (Å²) in [4.78, 5) is 4.88. The second-order valence-electron chi connectivity index (χ2n) is 12.5. The number of halogens is 1. The Morgan fingerprint density at radius 2 is 0.723 bits per heavy atom. The molecule has 1 atom stereocenters. The van der Waals surface area contributed by atoms with Crippen LogP contribution in [0, 0.1) is 0 Å². The molecule has 7 aromatic carbocycles. The first kappa shape index (κ1) is 31.0. The molecule has 0 bridgehead atoms. The highest BCUT2D eigenvalue weighted by Gasteiger charge is 2.25. The van der Waals surface area contributed by atoms with E-state index in [0.29, 0.717) is 11.8 Å². The molecule has 0 spiro atoms. The van der Waals surface area contributed by atoms with E-state index in [4.69, 9.17) is 0 Å². The van der Waals surface area contributed by atoms with E-state index >= 15 is 0 Å². The molecule has 0 saturated heterocycles. The Kier molecular flexibility index (Phi) is 8.99. The molecule has 0 N–H and O–H groups in total. The lowest BCUT2D eigenvalue weighted by molar-refractivity contribution is 0.866. The molecule has 7 rings (SSSR count). The average Bonchev–Trinajstić information content (AvgIpc) is 3.13. The van der Waals surface area contributed by atoms with Crippen LogP contribution in [0.5, 0.6) is 0 Å². The van der Waals surface area contributed by atoms with Gasteiger partial charge in [0.1, 0.15) is 0 Å². The van der Waals surface area contributed by atoms with Crippen LogP contribution < -0.4 is 9.80 Å². The van der Waals surface area contributed by atoms with E-state index in [-0.39, 0.29) is 0 Å². The Hall–Kier alpha value is -4.61. The number of fused-ring (bicyclic) bond motifs is 2. The van der Waals surface area contributed by atoms with Gasteiger partial charge in [0.15, 0.2) is 0 Å². The normalized spacial score (nSPS) is 12.0. The molecule has 47 heavy (non-hydrogen) atoms. The average molecular weight is 723 g/mol. The van der Waals surface area contributed by atoms with Gasteiger partial charge in [-0.1, -0.05) is 153 Å². The van der Waals surface area contributed by atoms with Crippen LogP contribution in [0.2, 0.25) is 0 Å². The van der Waals surface area contributed by atoms with Gasteiger partial charge in [0.2, 0.25) is 0 Å². The van der Waals surface area contributed by atoms with Crippen molar-refractivity contribution in [3.8, 4) is 0 Å². The monoisotopic (exact) mass is 722 g/mol. The van der Waals surface area contributed by atoms with Crippen molar-refractivity contribution >= 4 is 78.3 Å². The topological polar surface area (TPSA) is 6.48 Å². The molecule has 0 aliphatic heterocycles. The summed E-state index contributed by atoms with van der Waals surface area (Å²) < 4.78 is 1.09. The van der Waals surface area contributed by atoms with Gasteiger partial charge in [-0.2, -0.15) is 0 Å². The Balaban J connectivity index is 1.56. The fourth-order valence-electron chi connectivity index (χ4n) is 6.58. The van der Waals surface area contributed by atoms with Crippen LogP contribution in [0.1, 0.15) is 43.7 Å². The molecule has 0 saturated carbocycles. The molecule has 0 aromatic heterocycles. The van der Waals surface area contributed by atoms with Crippen LogP contribution >= 0.6 is 22.6 Å². The first-order valence-corrected chi connectivity index (χ1v) is 18.0. The van der Waals surface area contributed by atoms with Gasteiger partial charge in [0, 0.05) is 48.7 Å². The molecule has 0 aliphatic carbocycles. The van der Waals surface area contributed by atoms with Gasteiger partial charge in [-0.3, -0.25) is 0 Å². The summed E-state index contributed by atoms with van der Waals surface area (Å²) in [5.41, 5.74) is 9.63. The van der Waals surface area contributed by atoms with Gasteiger partial charge in [-0.25, -0.2) is 0 Å². The fourth-order valence-corrected chi connectivity index (χ4v) is 7.09. The van der Waals surface area contributed by atoms with Crippen molar-refractivity contribution in [2.75, 3.05) is 14.2 Å². The molecular weight excluding hydrogens is 683 g/mol. The Morgan fingerprint density at radius 3 is 1.06 bits per heavy atom. The van der Waals surface area contributed by atoms with Crippen molar-refractivity contribution in [3.05, 3.63) is 169 Å². The van der Waals surface area contributed by atoms with Gasteiger partial charge >= 0.3 is 0 Å². The van der Waals surface area contributed by atoms with Crippen molar-refractivity contribution < 1.29 is 0 Å². The summed E-state index contributed by atoms with van der Waals surface area (Å²) >= 11 is 2.49. The van der Waals surface area contributed by atoms with Crippen LogP contribution in [0.4, 0.5) is 34.1 Å². The van der Waals surface area contributed by atoms with Crippen LogP contribution in [-0.2, 0) is 0 Å². The van der Waals surface area contributed by atoms with E-state index in [1.165, 1.54) is 44.0 Å². The molecule has 0 fully saturated rings. The molecule has 0 heterocycles. The molecule has 0 aliphatic rings.